The maximum atomic E-state index is 14.6. The Hall–Kier alpha value is -3.86. The number of nitrogens with one attached hydrogen (secondary N) is 1. The minimum Gasteiger partial charge on any atom is -0.494 e. The van der Waals surface area contributed by atoms with Gasteiger partial charge in [0, 0.05) is 17.8 Å². The minimum absolute atomic E-state index is 0.147. The van der Waals surface area contributed by atoms with Crippen LogP contribution in [0.4, 0.5) is 20.4 Å². The van der Waals surface area contributed by atoms with Crippen LogP contribution in [0.15, 0.2) is 36.7 Å². The zero-order valence-corrected chi connectivity index (χ0v) is 22.6. The zero-order valence-electron chi connectivity index (χ0n) is 22.6. The van der Waals surface area contributed by atoms with Gasteiger partial charge in [0.2, 0.25) is 5.95 Å². The highest BCUT2D eigenvalue weighted by Crippen LogP contribution is 2.33. The number of rotatable bonds is 12. The number of hydrogen-bond donors (Lipinski definition) is 1. The van der Waals surface area contributed by atoms with Crippen LogP contribution in [0.2, 0.25) is 0 Å². The molecule has 0 atom stereocenters. The predicted octanol–water partition coefficient (Wildman–Crippen LogP) is 5.21. The van der Waals surface area contributed by atoms with E-state index >= 15 is 0 Å². The number of likely N-dealkylation sites (tertiary alicyclic amines) is 1. The Balaban J connectivity index is 1.33. The van der Waals surface area contributed by atoms with E-state index in [4.69, 9.17) is 23.7 Å². The molecule has 11 heteroatoms. The number of piperidine rings is 1. The average molecular weight is 545 g/mol. The molecule has 1 aromatic heterocycles. The number of aromatic nitrogens is 2. The van der Waals surface area contributed by atoms with Crippen molar-refractivity contribution in [1.82, 2.24) is 14.9 Å². The number of ether oxygens (including phenoxy) is 5. The normalized spacial score (nSPS) is 14.1. The molecule has 2 aromatic carbocycles. The molecule has 4 rings (SSSR count). The molecule has 0 bridgehead atoms. The van der Waals surface area contributed by atoms with Crippen LogP contribution in [0.1, 0.15) is 24.8 Å². The highest BCUT2D eigenvalue weighted by Gasteiger charge is 2.21. The Labute approximate surface area is 227 Å². The lowest BCUT2D eigenvalue weighted by Gasteiger charge is -2.28. The Kier molecular flexibility index (Phi) is 9.59. The van der Waals surface area contributed by atoms with Crippen molar-refractivity contribution in [2.24, 2.45) is 5.92 Å². The maximum absolute atomic E-state index is 14.6. The van der Waals surface area contributed by atoms with Gasteiger partial charge in [-0.1, -0.05) is 0 Å². The quantitative estimate of drug-likeness (QED) is 0.330. The smallest absolute Gasteiger partial charge is 0.227 e. The van der Waals surface area contributed by atoms with Gasteiger partial charge in [0.1, 0.15) is 6.61 Å². The Morgan fingerprint density at radius 1 is 0.872 bits per heavy atom. The number of anilines is 2. The number of hydrogen-bond acceptors (Lipinski definition) is 9. The van der Waals surface area contributed by atoms with Gasteiger partial charge < -0.3 is 33.9 Å². The molecule has 3 aromatic rings. The minimum atomic E-state index is -0.863. The monoisotopic (exact) mass is 544 g/mol. The summed E-state index contributed by atoms with van der Waals surface area (Å²) in [5.74, 6) is 0.478. The van der Waals surface area contributed by atoms with Gasteiger partial charge in [0.25, 0.3) is 0 Å². The highest BCUT2D eigenvalue weighted by atomic mass is 19.1. The second kappa shape index (κ2) is 13.3. The molecular weight excluding hydrogens is 510 g/mol. The zero-order chi connectivity index (χ0) is 27.8. The summed E-state index contributed by atoms with van der Waals surface area (Å²) in [6.07, 6.45) is 6.23. The van der Waals surface area contributed by atoms with Crippen molar-refractivity contribution in [3.05, 3.63) is 53.9 Å². The Morgan fingerprint density at radius 2 is 1.51 bits per heavy atom. The lowest BCUT2D eigenvalue weighted by molar-refractivity contribution is 0.185. The van der Waals surface area contributed by atoms with Gasteiger partial charge in [-0.3, -0.25) is 0 Å². The third kappa shape index (κ3) is 7.17. The number of nitrogens with zero attached hydrogens (tertiary/aromatic N) is 3. The van der Waals surface area contributed by atoms with Crippen LogP contribution in [0, 0.1) is 17.6 Å². The first-order valence-corrected chi connectivity index (χ1v) is 12.7. The standard InChI is InChI=1S/C28H34F2N4O5/c1-34-10-7-18(8-11-34)9-12-38-22-6-5-19(13-23(22)35-2)33-28-31-15-20(16-32-28)39-17-21-26(29)24(36-3)14-25(37-4)27(21)30/h5-6,13-16,18H,7-12,17H2,1-4H3,(H,31,32,33). The molecular formula is C28H34F2N4O5. The van der Waals surface area contributed by atoms with E-state index < -0.39 is 18.2 Å². The third-order valence-electron chi connectivity index (χ3n) is 6.72. The SMILES string of the molecule is COc1cc(Nc2ncc(OCc3c(F)c(OC)cc(OC)c3F)cn2)ccc1OCCC1CCN(C)CC1. The third-order valence-corrected chi connectivity index (χ3v) is 6.72. The van der Waals surface area contributed by atoms with Crippen molar-refractivity contribution >= 4 is 11.6 Å². The topological polar surface area (TPSA) is 87.2 Å². The van der Waals surface area contributed by atoms with E-state index in [0.29, 0.717) is 35.7 Å². The molecule has 0 spiro atoms. The maximum Gasteiger partial charge on any atom is 0.227 e. The van der Waals surface area contributed by atoms with Gasteiger partial charge in [-0.25, -0.2) is 18.7 Å². The molecule has 0 aliphatic carbocycles. The predicted molar refractivity (Wildman–Crippen MR) is 142 cm³/mol. The summed E-state index contributed by atoms with van der Waals surface area (Å²) in [6, 6.07) is 6.64. The molecule has 9 nitrogen and oxygen atoms in total. The van der Waals surface area contributed by atoms with E-state index in [1.54, 1.807) is 13.2 Å². The summed E-state index contributed by atoms with van der Waals surface area (Å²) in [5, 5.41) is 3.10. The van der Waals surface area contributed by atoms with Crippen LogP contribution in [-0.2, 0) is 6.61 Å². The van der Waals surface area contributed by atoms with Gasteiger partial charge in [-0.15, -0.1) is 0 Å². The average Bonchev–Trinajstić information content (AvgIpc) is 2.95. The first kappa shape index (κ1) is 28.2. The van der Waals surface area contributed by atoms with Crippen molar-refractivity contribution in [2.75, 3.05) is 53.4 Å². The molecule has 1 aliphatic rings. The van der Waals surface area contributed by atoms with E-state index in [0.717, 1.165) is 25.6 Å². The molecule has 1 N–H and O–H groups in total. The molecule has 0 amide bonds. The van der Waals surface area contributed by atoms with Crippen molar-refractivity contribution in [2.45, 2.75) is 25.9 Å². The van der Waals surface area contributed by atoms with Crippen molar-refractivity contribution in [1.29, 1.82) is 0 Å². The van der Waals surface area contributed by atoms with E-state index in [9.17, 15) is 8.78 Å². The van der Waals surface area contributed by atoms with Crippen LogP contribution < -0.4 is 29.0 Å². The van der Waals surface area contributed by atoms with Crippen LogP contribution in [-0.4, -0.2) is 62.9 Å². The number of halogens is 2. The summed E-state index contributed by atoms with van der Waals surface area (Å²) in [6.45, 7) is 2.51. The van der Waals surface area contributed by atoms with E-state index in [1.807, 2.05) is 12.1 Å². The van der Waals surface area contributed by atoms with Crippen LogP contribution in [0.25, 0.3) is 0 Å². The molecule has 1 saturated heterocycles. The highest BCUT2D eigenvalue weighted by molar-refractivity contribution is 5.59. The Morgan fingerprint density at radius 3 is 2.13 bits per heavy atom. The van der Waals surface area contributed by atoms with Gasteiger partial charge in [-0.05, 0) is 57.5 Å². The van der Waals surface area contributed by atoms with Gasteiger partial charge in [0.05, 0.1) is 45.9 Å². The second-order valence-corrected chi connectivity index (χ2v) is 9.29. The first-order valence-electron chi connectivity index (χ1n) is 12.7. The van der Waals surface area contributed by atoms with Crippen molar-refractivity contribution in [3.63, 3.8) is 0 Å². The van der Waals surface area contributed by atoms with Crippen LogP contribution in [0.5, 0.6) is 28.7 Å². The second-order valence-electron chi connectivity index (χ2n) is 9.29. The van der Waals surface area contributed by atoms with E-state index in [2.05, 4.69) is 27.2 Å². The summed E-state index contributed by atoms with van der Waals surface area (Å²) in [5.41, 5.74) is 0.380. The molecule has 0 unspecified atom stereocenters. The van der Waals surface area contributed by atoms with E-state index in [-0.39, 0.29) is 22.8 Å². The van der Waals surface area contributed by atoms with Crippen LogP contribution in [0.3, 0.4) is 0 Å². The fraction of sp³-hybridized carbons (Fsp3) is 0.429. The number of benzene rings is 2. The molecule has 39 heavy (non-hydrogen) atoms. The van der Waals surface area contributed by atoms with Crippen molar-refractivity contribution < 1.29 is 32.5 Å². The van der Waals surface area contributed by atoms with E-state index in [1.165, 1.54) is 39.5 Å². The number of methoxy groups -OCH3 is 3. The first-order chi connectivity index (χ1) is 18.9. The molecule has 2 heterocycles. The van der Waals surface area contributed by atoms with Gasteiger partial charge in [0.15, 0.2) is 40.4 Å². The fourth-order valence-electron chi connectivity index (χ4n) is 4.35. The summed E-state index contributed by atoms with van der Waals surface area (Å²) in [7, 11) is 6.32. The van der Waals surface area contributed by atoms with Crippen LogP contribution >= 0.6 is 0 Å². The van der Waals surface area contributed by atoms with Crippen molar-refractivity contribution in [3.8, 4) is 28.7 Å². The molecule has 1 fully saturated rings. The summed E-state index contributed by atoms with van der Waals surface area (Å²) < 4.78 is 56.0. The molecule has 1 aliphatic heterocycles. The molecule has 210 valence electrons. The molecule has 0 radical (unpaired) electrons. The fourth-order valence-corrected chi connectivity index (χ4v) is 4.35. The van der Waals surface area contributed by atoms with Gasteiger partial charge in [-0.2, -0.15) is 0 Å². The molecule has 0 saturated carbocycles. The van der Waals surface area contributed by atoms with Gasteiger partial charge >= 0.3 is 0 Å². The summed E-state index contributed by atoms with van der Waals surface area (Å²) >= 11 is 0. The lowest BCUT2D eigenvalue weighted by atomic mass is 9.94. The Bertz CT molecular complexity index is 1210. The lowest BCUT2D eigenvalue weighted by Crippen LogP contribution is -2.30. The largest absolute Gasteiger partial charge is 0.494 e. The summed E-state index contributed by atoms with van der Waals surface area (Å²) in [4.78, 5) is 10.8.